The number of hydrogen-bond donors (Lipinski definition) is 2. The van der Waals surface area contributed by atoms with E-state index < -0.39 is 0 Å². The van der Waals surface area contributed by atoms with Gasteiger partial charge in [0.25, 0.3) is 0 Å². The van der Waals surface area contributed by atoms with Gasteiger partial charge in [-0.1, -0.05) is 12.1 Å². The number of H-pyrrole nitrogens is 1. The van der Waals surface area contributed by atoms with E-state index in [-0.39, 0.29) is 0 Å². The van der Waals surface area contributed by atoms with E-state index in [0.717, 1.165) is 35.9 Å². The predicted molar refractivity (Wildman–Crippen MR) is 70.6 cm³/mol. The lowest BCUT2D eigenvalue weighted by Gasteiger charge is -2.18. The van der Waals surface area contributed by atoms with Gasteiger partial charge in [0.15, 0.2) is 0 Å². The first-order valence-corrected chi connectivity index (χ1v) is 6.73. The third-order valence-corrected chi connectivity index (χ3v) is 3.93. The molecule has 0 radical (unpaired) electrons. The summed E-state index contributed by atoms with van der Waals surface area (Å²) in [5.41, 5.74) is 2.10. The Labute approximate surface area is 106 Å². The Hall–Kier alpha value is -1.55. The summed E-state index contributed by atoms with van der Waals surface area (Å²) in [6, 6.07) is 8.53. The van der Waals surface area contributed by atoms with E-state index in [1.54, 1.807) is 0 Å². The van der Waals surface area contributed by atoms with Crippen LogP contribution in [-0.2, 0) is 4.74 Å². The molecule has 1 saturated heterocycles. The van der Waals surface area contributed by atoms with E-state index in [0.29, 0.717) is 12.1 Å². The molecule has 1 aliphatic carbocycles. The second kappa shape index (κ2) is 3.99. The molecule has 2 aromatic rings. The summed E-state index contributed by atoms with van der Waals surface area (Å²) < 4.78 is 5.83. The Bertz CT molecular complexity index is 528. The number of aromatic amines is 1. The van der Waals surface area contributed by atoms with Gasteiger partial charge in [-0.3, -0.25) is 0 Å². The molecule has 4 rings (SSSR count). The Kier molecular flexibility index (Phi) is 2.30. The maximum Gasteiger partial charge on any atom is 0.201 e. The summed E-state index contributed by atoms with van der Waals surface area (Å²) in [4.78, 5) is 7.89. The molecule has 0 amide bonds. The second-order valence-corrected chi connectivity index (χ2v) is 5.31. The molecule has 0 bridgehead atoms. The first kappa shape index (κ1) is 10.4. The van der Waals surface area contributed by atoms with Crippen molar-refractivity contribution in [1.82, 2.24) is 9.97 Å². The number of anilines is 1. The van der Waals surface area contributed by atoms with Crippen LogP contribution >= 0.6 is 0 Å². The molecular weight excluding hydrogens is 226 g/mol. The van der Waals surface area contributed by atoms with Gasteiger partial charge in [-0.2, -0.15) is 0 Å². The van der Waals surface area contributed by atoms with Crippen molar-refractivity contribution in [3.05, 3.63) is 24.3 Å². The molecule has 1 aromatic carbocycles. The SMILES string of the molecule is c1ccc2[nH]c(NC3CCOC3C3CC3)nc2c1. The molecule has 1 aromatic heterocycles. The molecule has 2 unspecified atom stereocenters. The van der Waals surface area contributed by atoms with Crippen molar-refractivity contribution >= 4 is 17.0 Å². The van der Waals surface area contributed by atoms with Gasteiger partial charge in [0, 0.05) is 6.61 Å². The number of nitrogens with one attached hydrogen (secondary N) is 2. The van der Waals surface area contributed by atoms with Crippen molar-refractivity contribution in [3.63, 3.8) is 0 Å². The number of imidazole rings is 1. The van der Waals surface area contributed by atoms with Crippen LogP contribution in [0.25, 0.3) is 11.0 Å². The van der Waals surface area contributed by atoms with E-state index >= 15 is 0 Å². The monoisotopic (exact) mass is 243 g/mol. The number of para-hydroxylation sites is 2. The third kappa shape index (κ3) is 1.77. The molecule has 2 aliphatic rings. The number of benzene rings is 1. The lowest BCUT2D eigenvalue weighted by Crippen LogP contribution is -2.31. The Balaban J connectivity index is 1.56. The summed E-state index contributed by atoms with van der Waals surface area (Å²) in [6.07, 6.45) is 4.11. The topological polar surface area (TPSA) is 49.9 Å². The molecule has 0 spiro atoms. The largest absolute Gasteiger partial charge is 0.376 e. The summed E-state index contributed by atoms with van der Waals surface area (Å²) in [7, 11) is 0. The highest BCUT2D eigenvalue weighted by Crippen LogP contribution is 2.39. The standard InChI is InChI=1S/C14H17N3O/c1-2-4-11-10(3-1)15-14(16-11)17-12-7-8-18-13(12)9-5-6-9/h1-4,9,12-13H,5-8H2,(H2,15,16,17). The molecule has 4 heteroatoms. The zero-order valence-electron chi connectivity index (χ0n) is 10.2. The van der Waals surface area contributed by atoms with Crippen LogP contribution in [0.4, 0.5) is 5.95 Å². The fraction of sp³-hybridized carbons (Fsp3) is 0.500. The summed E-state index contributed by atoms with van der Waals surface area (Å²) in [5.74, 6) is 1.65. The molecule has 2 fully saturated rings. The number of nitrogens with zero attached hydrogens (tertiary/aromatic N) is 1. The molecule has 94 valence electrons. The van der Waals surface area contributed by atoms with Gasteiger partial charge in [-0.05, 0) is 37.3 Å². The minimum atomic E-state index is 0.387. The molecule has 18 heavy (non-hydrogen) atoms. The van der Waals surface area contributed by atoms with Crippen LogP contribution in [0.15, 0.2) is 24.3 Å². The van der Waals surface area contributed by atoms with Crippen LogP contribution in [0.1, 0.15) is 19.3 Å². The third-order valence-electron chi connectivity index (χ3n) is 3.93. The maximum atomic E-state index is 5.83. The van der Waals surface area contributed by atoms with E-state index in [1.807, 2.05) is 18.2 Å². The lowest BCUT2D eigenvalue weighted by atomic mass is 10.1. The van der Waals surface area contributed by atoms with Crippen molar-refractivity contribution in [3.8, 4) is 0 Å². The van der Waals surface area contributed by atoms with Gasteiger partial charge in [0.2, 0.25) is 5.95 Å². The molecule has 4 nitrogen and oxygen atoms in total. The van der Waals surface area contributed by atoms with Crippen molar-refractivity contribution in [2.45, 2.75) is 31.4 Å². The lowest BCUT2D eigenvalue weighted by molar-refractivity contribution is 0.0897. The first-order valence-electron chi connectivity index (χ1n) is 6.73. The van der Waals surface area contributed by atoms with Gasteiger partial charge in [-0.25, -0.2) is 4.98 Å². The van der Waals surface area contributed by atoms with E-state index in [4.69, 9.17) is 4.74 Å². The van der Waals surface area contributed by atoms with Crippen LogP contribution in [0.3, 0.4) is 0 Å². The number of hydrogen-bond acceptors (Lipinski definition) is 3. The van der Waals surface area contributed by atoms with Gasteiger partial charge < -0.3 is 15.0 Å². The first-order chi connectivity index (χ1) is 8.90. The van der Waals surface area contributed by atoms with Gasteiger partial charge in [0.05, 0.1) is 23.2 Å². The maximum absolute atomic E-state index is 5.83. The fourth-order valence-corrected chi connectivity index (χ4v) is 2.85. The highest BCUT2D eigenvalue weighted by atomic mass is 16.5. The molecular formula is C14H17N3O. The van der Waals surface area contributed by atoms with Gasteiger partial charge in [0.1, 0.15) is 0 Å². The summed E-state index contributed by atoms with van der Waals surface area (Å²) >= 11 is 0. The fourth-order valence-electron chi connectivity index (χ4n) is 2.85. The van der Waals surface area contributed by atoms with Crippen LogP contribution in [0.5, 0.6) is 0 Å². The zero-order chi connectivity index (χ0) is 11.9. The van der Waals surface area contributed by atoms with Crippen molar-refractivity contribution in [2.24, 2.45) is 5.92 Å². The van der Waals surface area contributed by atoms with E-state index in [9.17, 15) is 0 Å². The number of ether oxygens (including phenoxy) is 1. The Morgan fingerprint density at radius 2 is 2.11 bits per heavy atom. The van der Waals surface area contributed by atoms with Gasteiger partial charge in [-0.15, -0.1) is 0 Å². The Morgan fingerprint density at radius 1 is 1.22 bits per heavy atom. The minimum absolute atomic E-state index is 0.387. The zero-order valence-corrected chi connectivity index (χ0v) is 10.2. The Morgan fingerprint density at radius 3 is 2.94 bits per heavy atom. The average molecular weight is 243 g/mol. The van der Waals surface area contributed by atoms with Crippen LogP contribution < -0.4 is 5.32 Å². The summed E-state index contributed by atoms with van der Waals surface area (Å²) in [6.45, 7) is 0.874. The highest BCUT2D eigenvalue weighted by molar-refractivity contribution is 5.77. The summed E-state index contributed by atoms with van der Waals surface area (Å²) in [5, 5.41) is 3.51. The van der Waals surface area contributed by atoms with Crippen molar-refractivity contribution in [2.75, 3.05) is 11.9 Å². The second-order valence-electron chi connectivity index (χ2n) is 5.31. The normalized spacial score (nSPS) is 27.8. The van der Waals surface area contributed by atoms with E-state index in [1.165, 1.54) is 12.8 Å². The van der Waals surface area contributed by atoms with Crippen LogP contribution in [0.2, 0.25) is 0 Å². The van der Waals surface area contributed by atoms with Crippen molar-refractivity contribution < 1.29 is 4.74 Å². The number of aromatic nitrogens is 2. The molecule has 1 saturated carbocycles. The highest BCUT2D eigenvalue weighted by Gasteiger charge is 2.40. The smallest absolute Gasteiger partial charge is 0.201 e. The van der Waals surface area contributed by atoms with E-state index in [2.05, 4.69) is 21.4 Å². The van der Waals surface area contributed by atoms with Gasteiger partial charge >= 0.3 is 0 Å². The molecule has 2 atom stereocenters. The number of fused-ring (bicyclic) bond motifs is 1. The molecule has 2 N–H and O–H groups in total. The predicted octanol–water partition coefficient (Wildman–Crippen LogP) is 2.54. The molecule has 1 aliphatic heterocycles. The quantitative estimate of drug-likeness (QED) is 0.871. The van der Waals surface area contributed by atoms with Crippen LogP contribution in [0, 0.1) is 5.92 Å². The van der Waals surface area contributed by atoms with Crippen molar-refractivity contribution in [1.29, 1.82) is 0 Å². The number of rotatable bonds is 3. The van der Waals surface area contributed by atoms with Crippen LogP contribution in [-0.4, -0.2) is 28.7 Å². The minimum Gasteiger partial charge on any atom is -0.376 e. The average Bonchev–Trinajstić information content (AvgIpc) is 2.98. The molecule has 2 heterocycles.